The van der Waals surface area contributed by atoms with Crippen molar-refractivity contribution in [1.29, 1.82) is 0 Å². The van der Waals surface area contributed by atoms with Gasteiger partial charge in [-0.2, -0.15) is 13.8 Å². The average Bonchev–Trinajstić information content (AvgIpc) is 3.38. The highest BCUT2D eigenvalue weighted by Crippen LogP contribution is 2.32. The van der Waals surface area contributed by atoms with Gasteiger partial charge in [-0.25, -0.2) is 13.6 Å². The molecule has 1 aromatic carbocycles. The smallest absolute Gasteiger partial charge is 0.400 e. The summed E-state index contributed by atoms with van der Waals surface area (Å²) in [5.74, 6) is -0.357. The highest BCUT2D eigenvalue weighted by molar-refractivity contribution is 7.93. The third-order valence-corrected chi connectivity index (χ3v) is 6.34. The number of ether oxygens (including phenoxy) is 1. The number of imidazole rings is 1. The molecule has 1 unspecified atom stereocenters. The molecule has 12 heteroatoms. The summed E-state index contributed by atoms with van der Waals surface area (Å²) in [7, 11) is -1.07. The van der Waals surface area contributed by atoms with Crippen LogP contribution in [0.25, 0.3) is 17.0 Å². The molecular formula is C19H16ClF2N5O3S. The summed E-state index contributed by atoms with van der Waals surface area (Å²) in [4.78, 5) is 8.65. The molecule has 0 radical (unpaired) electrons. The van der Waals surface area contributed by atoms with Gasteiger partial charge in [0.2, 0.25) is 5.82 Å². The highest BCUT2D eigenvalue weighted by atomic mass is 35.5. The number of alkyl halides is 3. The Morgan fingerprint density at radius 1 is 1.26 bits per heavy atom. The average molecular weight is 468 g/mol. The number of aromatic nitrogens is 4. The zero-order chi connectivity index (χ0) is 22.2. The summed E-state index contributed by atoms with van der Waals surface area (Å²) in [6.45, 7) is 0.128. The minimum Gasteiger partial charge on any atom is -0.497 e. The van der Waals surface area contributed by atoms with Gasteiger partial charge in [-0.1, -0.05) is 5.16 Å². The molecule has 31 heavy (non-hydrogen) atoms. The van der Waals surface area contributed by atoms with Crippen LogP contribution in [0.2, 0.25) is 0 Å². The fourth-order valence-corrected chi connectivity index (χ4v) is 4.04. The first-order valence-corrected chi connectivity index (χ1v) is 11.2. The Labute approximate surface area is 181 Å². The van der Waals surface area contributed by atoms with Crippen LogP contribution < -0.4 is 4.74 Å². The van der Waals surface area contributed by atoms with Gasteiger partial charge in [-0.3, -0.25) is 0 Å². The van der Waals surface area contributed by atoms with Crippen molar-refractivity contribution < 1.29 is 22.2 Å². The first-order valence-electron chi connectivity index (χ1n) is 8.86. The Balaban J connectivity index is 1.58. The van der Waals surface area contributed by atoms with Crippen LogP contribution in [0.5, 0.6) is 5.75 Å². The van der Waals surface area contributed by atoms with Crippen molar-refractivity contribution in [3.8, 4) is 17.1 Å². The van der Waals surface area contributed by atoms with Crippen LogP contribution in [0.3, 0.4) is 0 Å². The van der Waals surface area contributed by atoms with Crippen LogP contribution in [-0.4, -0.2) is 37.1 Å². The van der Waals surface area contributed by atoms with E-state index in [1.165, 1.54) is 0 Å². The third kappa shape index (κ3) is 4.52. The molecule has 0 saturated heterocycles. The number of methoxy groups -OCH3 is 1. The summed E-state index contributed by atoms with van der Waals surface area (Å²) >= 11 is 4.90. The lowest BCUT2D eigenvalue weighted by molar-refractivity contribution is 0.0551. The quantitative estimate of drug-likeness (QED) is 0.391. The highest BCUT2D eigenvalue weighted by Gasteiger charge is 2.35. The van der Waals surface area contributed by atoms with Crippen molar-refractivity contribution in [3.05, 3.63) is 60.4 Å². The van der Waals surface area contributed by atoms with E-state index in [9.17, 15) is 13.0 Å². The van der Waals surface area contributed by atoms with Crippen LogP contribution in [0.15, 0.2) is 62.6 Å². The van der Waals surface area contributed by atoms with Gasteiger partial charge in [0.05, 0.1) is 29.1 Å². The zero-order valence-corrected chi connectivity index (χ0v) is 17.9. The van der Waals surface area contributed by atoms with E-state index in [0.29, 0.717) is 27.5 Å². The van der Waals surface area contributed by atoms with Crippen LogP contribution in [-0.2, 0) is 21.7 Å². The Morgan fingerprint density at radius 3 is 2.65 bits per heavy atom. The van der Waals surface area contributed by atoms with E-state index in [1.807, 2.05) is 0 Å². The molecule has 0 amide bonds. The fourth-order valence-electron chi connectivity index (χ4n) is 2.80. The minimum atomic E-state index is -3.74. The number of fused-ring (bicyclic) bond motifs is 1. The molecule has 0 aliphatic heterocycles. The lowest BCUT2D eigenvalue weighted by Crippen LogP contribution is -2.03. The summed E-state index contributed by atoms with van der Waals surface area (Å²) < 4.78 is 54.8. The third-order valence-electron chi connectivity index (χ3n) is 4.41. The number of nitrogens with zero attached hydrogens (tertiary/aromatic N) is 5. The van der Waals surface area contributed by atoms with Crippen molar-refractivity contribution in [2.75, 3.05) is 13.4 Å². The predicted molar refractivity (Wildman–Crippen MR) is 110 cm³/mol. The SMILES string of the molecule is COc1ccc(S(C)(=O)=NCc2cn3ccc(-c4noc(C(F)(F)Cl)n4)cc3n2)cc1. The lowest BCUT2D eigenvalue weighted by atomic mass is 10.2. The monoisotopic (exact) mass is 467 g/mol. The molecule has 0 aliphatic rings. The fraction of sp³-hybridized carbons (Fsp3) is 0.211. The van der Waals surface area contributed by atoms with E-state index in [2.05, 4.69) is 24.0 Å². The largest absolute Gasteiger partial charge is 0.497 e. The molecule has 4 rings (SSSR count). The molecular weight excluding hydrogens is 452 g/mol. The standard InChI is InChI=1S/C19H16ClF2N5O3S/c1-29-14-3-5-15(6-4-14)31(2,28)23-10-13-11-27-8-7-12(9-16(27)24-13)17-25-18(30-26-17)19(20,21)22/h3-9,11H,10H2,1-2H3. The first kappa shape index (κ1) is 21.2. The van der Waals surface area contributed by atoms with E-state index < -0.39 is 21.0 Å². The van der Waals surface area contributed by atoms with E-state index in [0.717, 1.165) is 0 Å². The number of hydrogen-bond donors (Lipinski definition) is 0. The van der Waals surface area contributed by atoms with Crippen LogP contribution in [0.1, 0.15) is 11.6 Å². The molecule has 1 atom stereocenters. The number of rotatable bonds is 6. The van der Waals surface area contributed by atoms with Gasteiger partial charge >= 0.3 is 11.3 Å². The molecule has 3 aromatic heterocycles. The predicted octanol–water partition coefficient (Wildman–Crippen LogP) is 4.34. The molecule has 0 fully saturated rings. The van der Waals surface area contributed by atoms with Crippen LogP contribution in [0.4, 0.5) is 8.78 Å². The second kappa shape index (κ2) is 7.89. The molecule has 0 N–H and O–H groups in total. The van der Waals surface area contributed by atoms with Crippen LogP contribution in [0, 0.1) is 0 Å². The van der Waals surface area contributed by atoms with Gasteiger partial charge in [0.25, 0.3) is 0 Å². The maximum atomic E-state index is 13.1. The second-order valence-electron chi connectivity index (χ2n) is 6.60. The number of hydrogen-bond acceptors (Lipinski definition) is 7. The number of benzene rings is 1. The van der Waals surface area contributed by atoms with Gasteiger partial charge in [0.15, 0.2) is 0 Å². The normalized spacial score (nSPS) is 13.8. The number of halogens is 3. The maximum Gasteiger partial charge on any atom is 0.400 e. The van der Waals surface area contributed by atoms with Crippen molar-refractivity contribution in [1.82, 2.24) is 19.5 Å². The molecule has 8 nitrogen and oxygen atoms in total. The molecule has 0 saturated carbocycles. The molecule has 4 aromatic rings. The maximum absolute atomic E-state index is 13.1. The van der Waals surface area contributed by atoms with Crippen LogP contribution >= 0.6 is 11.6 Å². The molecule has 162 valence electrons. The van der Waals surface area contributed by atoms with E-state index in [-0.39, 0.29) is 12.4 Å². The summed E-state index contributed by atoms with van der Waals surface area (Å²) in [6.07, 6.45) is 4.96. The Kier molecular flexibility index (Phi) is 5.40. The zero-order valence-electron chi connectivity index (χ0n) is 16.3. The molecule has 0 spiro atoms. The second-order valence-corrected chi connectivity index (χ2v) is 9.41. The molecule has 0 bridgehead atoms. The Hall–Kier alpha value is -3.05. The Morgan fingerprint density at radius 2 is 2.00 bits per heavy atom. The van der Waals surface area contributed by atoms with E-state index >= 15 is 0 Å². The Bertz CT molecular complexity index is 1360. The van der Waals surface area contributed by atoms with Crippen molar-refractivity contribution >= 4 is 27.0 Å². The molecule has 3 heterocycles. The summed E-state index contributed by atoms with van der Waals surface area (Å²) in [6, 6.07) is 10.1. The van der Waals surface area contributed by atoms with Gasteiger partial charge < -0.3 is 13.7 Å². The van der Waals surface area contributed by atoms with Crippen molar-refractivity contribution in [2.24, 2.45) is 4.36 Å². The van der Waals surface area contributed by atoms with Crippen molar-refractivity contribution in [2.45, 2.75) is 16.8 Å². The minimum absolute atomic E-state index is 0.0388. The first-order chi connectivity index (χ1) is 14.7. The summed E-state index contributed by atoms with van der Waals surface area (Å²) in [5, 5.41) is -0.214. The van der Waals surface area contributed by atoms with Gasteiger partial charge in [-0.15, -0.1) is 0 Å². The van der Waals surface area contributed by atoms with E-state index in [4.69, 9.17) is 16.3 Å². The topological polar surface area (TPSA) is 94.9 Å². The van der Waals surface area contributed by atoms with Gasteiger partial charge in [0.1, 0.15) is 11.4 Å². The van der Waals surface area contributed by atoms with Gasteiger partial charge in [0, 0.05) is 29.1 Å². The van der Waals surface area contributed by atoms with Gasteiger partial charge in [-0.05, 0) is 48.0 Å². The summed E-state index contributed by atoms with van der Waals surface area (Å²) in [5.41, 5.74) is 1.52. The molecule has 0 aliphatic carbocycles. The van der Waals surface area contributed by atoms with E-state index in [1.54, 1.807) is 66.6 Å². The number of pyridine rings is 1. The van der Waals surface area contributed by atoms with Crippen molar-refractivity contribution in [3.63, 3.8) is 0 Å². The lowest BCUT2D eigenvalue weighted by Gasteiger charge is -2.05.